The van der Waals surface area contributed by atoms with Crippen molar-refractivity contribution < 1.29 is 5.11 Å². The van der Waals surface area contributed by atoms with Gasteiger partial charge in [0.2, 0.25) is 0 Å². The molecular weight excluding hydrogens is 226 g/mol. The highest BCUT2D eigenvalue weighted by Crippen LogP contribution is 2.24. The molecule has 1 aliphatic rings. The van der Waals surface area contributed by atoms with Crippen LogP contribution in [0, 0.1) is 0 Å². The van der Waals surface area contributed by atoms with Crippen molar-refractivity contribution in [2.75, 3.05) is 26.7 Å². The lowest BCUT2D eigenvalue weighted by molar-refractivity contribution is 0.238. The van der Waals surface area contributed by atoms with Gasteiger partial charge in [-0.1, -0.05) is 18.2 Å². The van der Waals surface area contributed by atoms with Gasteiger partial charge < -0.3 is 15.3 Å². The molecule has 1 fully saturated rings. The average molecular weight is 243 g/mol. The molecule has 0 aliphatic carbocycles. The number of fused-ring (bicyclic) bond motifs is 1. The number of phenols is 1. The Morgan fingerprint density at radius 3 is 3.06 bits per heavy atom. The zero-order chi connectivity index (χ0) is 12.5. The van der Waals surface area contributed by atoms with Crippen LogP contribution in [-0.2, 0) is 0 Å². The monoisotopic (exact) mass is 243 g/mol. The first-order valence-electron chi connectivity index (χ1n) is 6.24. The topological polar surface area (TPSA) is 48.4 Å². The van der Waals surface area contributed by atoms with Gasteiger partial charge in [0.05, 0.1) is 11.7 Å². The standard InChI is InChI=1S/C14H17N3O/c1-17-8-7-15-12(9-17)11-6-5-10-3-2-4-13(18)14(10)16-11/h2-6,12,15,18H,7-9H2,1H3. The van der Waals surface area contributed by atoms with E-state index in [-0.39, 0.29) is 11.8 Å². The van der Waals surface area contributed by atoms with Crippen LogP contribution >= 0.6 is 0 Å². The van der Waals surface area contributed by atoms with Gasteiger partial charge in [-0.15, -0.1) is 0 Å². The number of likely N-dealkylation sites (N-methyl/N-ethyl adjacent to an activating group) is 1. The average Bonchev–Trinajstić information content (AvgIpc) is 2.39. The van der Waals surface area contributed by atoms with Crippen LogP contribution in [0.25, 0.3) is 10.9 Å². The number of aromatic nitrogens is 1. The van der Waals surface area contributed by atoms with E-state index in [4.69, 9.17) is 0 Å². The van der Waals surface area contributed by atoms with E-state index in [0.29, 0.717) is 5.52 Å². The van der Waals surface area contributed by atoms with Crippen LogP contribution in [-0.4, -0.2) is 41.7 Å². The number of pyridine rings is 1. The first-order valence-corrected chi connectivity index (χ1v) is 6.24. The van der Waals surface area contributed by atoms with Gasteiger partial charge in [-0.3, -0.25) is 0 Å². The second kappa shape index (κ2) is 4.55. The van der Waals surface area contributed by atoms with Crippen molar-refractivity contribution in [3.8, 4) is 5.75 Å². The molecule has 2 aromatic rings. The van der Waals surface area contributed by atoms with Gasteiger partial charge in [0.15, 0.2) is 0 Å². The van der Waals surface area contributed by atoms with Gasteiger partial charge in [-0.25, -0.2) is 4.98 Å². The van der Waals surface area contributed by atoms with Crippen molar-refractivity contribution >= 4 is 10.9 Å². The number of phenolic OH excluding ortho intramolecular Hbond substituents is 1. The largest absolute Gasteiger partial charge is 0.506 e. The molecule has 0 radical (unpaired) electrons. The Morgan fingerprint density at radius 2 is 2.22 bits per heavy atom. The van der Waals surface area contributed by atoms with Gasteiger partial charge in [0.25, 0.3) is 0 Å². The third kappa shape index (κ3) is 2.05. The van der Waals surface area contributed by atoms with Gasteiger partial charge in [0.1, 0.15) is 11.3 Å². The summed E-state index contributed by atoms with van der Waals surface area (Å²) in [5.74, 6) is 0.249. The van der Waals surface area contributed by atoms with Crippen molar-refractivity contribution in [1.82, 2.24) is 15.2 Å². The van der Waals surface area contributed by atoms with Crippen LogP contribution in [0.5, 0.6) is 5.75 Å². The van der Waals surface area contributed by atoms with Crippen molar-refractivity contribution in [1.29, 1.82) is 0 Å². The molecule has 1 atom stereocenters. The number of nitrogens with zero attached hydrogens (tertiary/aromatic N) is 2. The Morgan fingerprint density at radius 1 is 1.33 bits per heavy atom. The Labute approximate surface area is 106 Å². The lowest BCUT2D eigenvalue weighted by Gasteiger charge is -2.30. The molecule has 2 heterocycles. The fourth-order valence-corrected chi connectivity index (χ4v) is 2.44. The summed E-state index contributed by atoms with van der Waals surface area (Å²) in [5.41, 5.74) is 1.68. The number of rotatable bonds is 1. The lowest BCUT2D eigenvalue weighted by Crippen LogP contribution is -2.43. The van der Waals surface area contributed by atoms with Gasteiger partial charge in [-0.2, -0.15) is 0 Å². The molecule has 0 amide bonds. The Kier molecular flexibility index (Phi) is 2.89. The van der Waals surface area contributed by atoms with Crippen molar-refractivity contribution in [2.24, 2.45) is 0 Å². The first-order chi connectivity index (χ1) is 8.74. The smallest absolute Gasteiger partial charge is 0.141 e. The fraction of sp³-hybridized carbons (Fsp3) is 0.357. The second-order valence-corrected chi connectivity index (χ2v) is 4.85. The maximum atomic E-state index is 9.85. The Bertz CT molecular complexity index is 570. The highest BCUT2D eigenvalue weighted by atomic mass is 16.3. The minimum atomic E-state index is 0.243. The number of hydrogen-bond acceptors (Lipinski definition) is 4. The fourth-order valence-electron chi connectivity index (χ4n) is 2.44. The van der Waals surface area contributed by atoms with Crippen molar-refractivity contribution in [3.05, 3.63) is 36.0 Å². The molecule has 1 saturated heterocycles. The third-order valence-corrected chi connectivity index (χ3v) is 3.46. The van der Waals surface area contributed by atoms with Gasteiger partial charge in [0, 0.05) is 25.0 Å². The van der Waals surface area contributed by atoms with Gasteiger partial charge in [-0.05, 0) is 19.2 Å². The first kappa shape index (κ1) is 11.4. The minimum absolute atomic E-state index is 0.243. The van der Waals surface area contributed by atoms with Crippen molar-refractivity contribution in [2.45, 2.75) is 6.04 Å². The van der Waals surface area contributed by atoms with Crippen LogP contribution in [0.2, 0.25) is 0 Å². The van der Waals surface area contributed by atoms with E-state index in [2.05, 4.69) is 22.2 Å². The third-order valence-electron chi connectivity index (χ3n) is 3.46. The summed E-state index contributed by atoms with van der Waals surface area (Å²) < 4.78 is 0. The molecule has 4 heteroatoms. The predicted molar refractivity (Wildman–Crippen MR) is 71.6 cm³/mol. The van der Waals surface area contributed by atoms with E-state index in [1.807, 2.05) is 24.3 Å². The van der Waals surface area contributed by atoms with Crippen LogP contribution in [0.3, 0.4) is 0 Å². The van der Waals surface area contributed by atoms with E-state index in [1.54, 1.807) is 6.07 Å². The molecule has 1 unspecified atom stereocenters. The van der Waals surface area contributed by atoms with E-state index >= 15 is 0 Å². The van der Waals surface area contributed by atoms with Gasteiger partial charge >= 0.3 is 0 Å². The SMILES string of the molecule is CN1CCNC(c2ccc3cccc(O)c3n2)C1. The molecule has 1 aliphatic heterocycles. The molecule has 0 bridgehead atoms. The molecule has 0 spiro atoms. The number of hydrogen-bond donors (Lipinski definition) is 2. The Hall–Kier alpha value is -1.65. The molecule has 1 aromatic carbocycles. The minimum Gasteiger partial charge on any atom is -0.506 e. The zero-order valence-corrected chi connectivity index (χ0v) is 10.4. The van der Waals surface area contributed by atoms with E-state index in [9.17, 15) is 5.11 Å². The summed E-state index contributed by atoms with van der Waals surface area (Å²) in [6, 6.07) is 9.79. The summed E-state index contributed by atoms with van der Waals surface area (Å²) >= 11 is 0. The maximum Gasteiger partial charge on any atom is 0.141 e. The molecule has 1 aromatic heterocycles. The molecule has 2 N–H and O–H groups in total. The molecule has 4 nitrogen and oxygen atoms in total. The summed E-state index contributed by atoms with van der Waals surface area (Å²) in [6.45, 7) is 2.99. The summed E-state index contributed by atoms with van der Waals surface area (Å²) in [4.78, 5) is 6.88. The van der Waals surface area contributed by atoms with Crippen LogP contribution in [0.1, 0.15) is 11.7 Å². The summed E-state index contributed by atoms with van der Waals surface area (Å²) in [7, 11) is 2.12. The molecular formula is C14H17N3O. The normalized spacial score (nSPS) is 21.3. The summed E-state index contributed by atoms with van der Waals surface area (Å²) in [6.07, 6.45) is 0. The molecule has 0 saturated carbocycles. The molecule has 3 rings (SSSR count). The lowest BCUT2D eigenvalue weighted by atomic mass is 10.1. The van der Waals surface area contributed by atoms with E-state index in [1.165, 1.54) is 0 Å². The number of piperazine rings is 1. The number of aromatic hydroxyl groups is 1. The zero-order valence-electron chi connectivity index (χ0n) is 10.4. The van der Waals surface area contributed by atoms with E-state index < -0.39 is 0 Å². The summed E-state index contributed by atoms with van der Waals surface area (Å²) in [5, 5.41) is 14.3. The van der Waals surface area contributed by atoms with E-state index in [0.717, 1.165) is 30.7 Å². The molecule has 94 valence electrons. The predicted octanol–water partition coefficient (Wildman–Crippen LogP) is 1.52. The second-order valence-electron chi connectivity index (χ2n) is 4.85. The van der Waals surface area contributed by atoms with Crippen LogP contribution < -0.4 is 5.32 Å². The molecule has 18 heavy (non-hydrogen) atoms. The quantitative estimate of drug-likeness (QED) is 0.797. The van der Waals surface area contributed by atoms with Crippen LogP contribution in [0.15, 0.2) is 30.3 Å². The highest BCUT2D eigenvalue weighted by Gasteiger charge is 2.19. The number of para-hydroxylation sites is 1. The number of benzene rings is 1. The number of nitrogens with one attached hydrogen (secondary N) is 1. The Balaban J connectivity index is 1.99. The van der Waals surface area contributed by atoms with Crippen molar-refractivity contribution in [3.63, 3.8) is 0 Å². The van der Waals surface area contributed by atoms with Crippen LogP contribution in [0.4, 0.5) is 0 Å². The maximum absolute atomic E-state index is 9.85. The highest BCUT2D eigenvalue weighted by molar-refractivity contribution is 5.84.